The summed E-state index contributed by atoms with van der Waals surface area (Å²) in [6.45, 7) is 0. The Morgan fingerprint density at radius 2 is 1.05 bits per heavy atom. The number of aliphatic carboxylic acids is 3. The maximum atomic E-state index is 10.3. The Kier molecular flexibility index (Phi) is 18.0. The molecule has 0 spiro atoms. The number of carbonyl (C=O) groups is 4. The normalized spacial score (nSPS) is 8.68. The summed E-state index contributed by atoms with van der Waals surface area (Å²) in [5, 5.41) is 51.1. The van der Waals surface area contributed by atoms with E-state index in [-0.39, 0.29) is 59.1 Å². The van der Waals surface area contributed by atoms with Gasteiger partial charge < -0.3 is 40.2 Å². The fourth-order valence-electron chi connectivity index (χ4n) is 0.691. The van der Waals surface area contributed by atoms with Crippen LogP contribution in [0, 0.1) is 0 Å². The summed E-state index contributed by atoms with van der Waals surface area (Å²) in [6.07, 6.45) is -4.42. The molecule has 0 aromatic rings. The Balaban J connectivity index is -0.000000165. The van der Waals surface area contributed by atoms with Crippen molar-refractivity contribution in [3.63, 3.8) is 0 Å². The van der Waals surface area contributed by atoms with Crippen LogP contribution < -0.4 is 69.3 Å². The third-order valence-electron chi connectivity index (χ3n) is 1.27. The summed E-state index contributed by atoms with van der Waals surface area (Å²) >= 11 is 0. The summed E-state index contributed by atoms with van der Waals surface area (Å²) < 4.78 is 0. The monoisotopic (exact) mass is 298 g/mol. The molecule has 10 nitrogen and oxygen atoms in total. The minimum absolute atomic E-state index is 0. The SMILES string of the molecule is O=C(O)O.O=C([O-])CC(O)(CC(=O)[O-])C(=O)O.[Na+].[Na+]. The second-order valence-electron chi connectivity index (χ2n) is 2.72. The molecule has 0 saturated carbocycles. The predicted octanol–water partition coefficient (Wildman–Crippen LogP) is -9.69. The van der Waals surface area contributed by atoms with Crippen molar-refractivity contribution in [1.29, 1.82) is 0 Å². The van der Waals surface area contributed by atoms with Crippen molar-refractivity contribution in [2.75, 3.05) is 0 Å². The second kappa shape index (κ2) is 12.7. The zero-order valence-corrected chi connectivity index (χ0v) is 14.2. The molecule has 0 atom stereocenters. The van der Waals surface area contributed by atoms with Crippen LogP contribution in [0.1, 0.15) is 12.8 Å². The van der Waals surface area contributed by atoms with E-state index in [1.807, 2.05) is 0 Å². The van der Waals surface area contributed by atoms with Crippen molar-refractivity contribution in [2.45, 2.75) is 18.4 Å². The summed E-state index contributed by atoms with van der Waals surface area (Å²) in [6, 6.07) is 0. The van der Waals surface area contributed by atoms with E-state index in [1.165, 1.54) is 0 Å². The minimum atomic E-state index is -2.86. The Morgan fingerprint density at radius 3 is 1.16 bits per heavy atom. The van der Waals surface area contributed by atoms with Crippen LogP contribution in [-0.2, 0) is 14.4 Å². The Hall–Kier alpha value is -0.360. The summed E-state index contributed by atoms with van der Waals surface area (Å²) in [7, 11) is 0. The smallest absolute Gasteiger partial charge is 0.550 e. The molecule has 0 unspecified atom stereocenters. The Labute approximate surface area is 150 Å². The van der Waals surface area contributed by atoms with Crippen LogP contribution in [0.3, 0.4) is 0 Å². The first-order chi connectivity index (χ1) is 7.51. The second-order valence-corrected chi connectivity index (χ2v) is 2.72. The molecule has 0 rings (SSSR count). The largest absolute Gasteiger partial charge is 1.00 e. The molecule has 98 valence electrons. The molecule has 0 saturated heterocycles. The van der Waals surface area contributed by atoms with Gasteiger partial charge in [0.1, 0.15) is 0 Å². The van der Waals surface area contributed by atoms with E-state index < -0.39 is 42.5 Å². The third-order valence-corrected chi connectivity index (χ3v) is 1.27. The number of carboxylic acid groups (broad SMARTS) is 5. The van der Waals surface area contributed by atoms with Gasteiger partial charge in [0.25, 0.3) is 0 Å². The van der Waals surface area contributed by atoms with Gasteiger partial charge in [0.15, 0.2) is 5.60 Å². The number of carbonyl (C=O) groups excluding carboxylic acids is 2. The van der Waals surface area contributed by atoms with Crippen molar-refractivity contribution in [3.8, 4) is 0 Å². The topological polar surface area (TPSA) is 195 Å². The molecule has 12 heteroatoms. The van der Waals surface area contributed by atoms with Crippen molar-refractivity contribution >= 4 is 24.1 Å². The van der Waals surface area contributed by atoms with Crippen LogP contribution in [0.25, 0.3) is 0 Å². The Morgan fingerprint density at radius 1 is 0.842 bits per heavy atom. The zero-order chi connectivity index (χ0) is 14.2. The molecule has 0 bridgehead atoms. The van der Waals surface area contributed by atoms with Crippen LogP contribution in [0.15, 0.2) is 0 Å². The van der Waals surface area contributed by atoms with Gasteiger partial charge in [-0.25, -0.2) is 9.59 Å². The van der Waals surface area contributed by atoms with Crippen molar-refractivity contribution < 1.29 is 109 Å². The van der Waals surface area contributed by atoms with Crippen molar-refractivity contribution in [1.82, 2.24) is 0 Å². The van der Waals surface area contributed by atoms with Gasteiger partial charge in [-0.05, 0) is 0 Å². The quantitative estimate of drug-likeness (QED) is 0.353. The van der Waals surface area contributed by atoms with Gasteiger partial charge in [-0.15, -0.1) is 0 Å². The van der Waals surface area contributed by atoms with E-state index in [9.17, 15) is 24.6 Å². The summed E-state index contributed by atoms with van der Waals surface area (Å²) in [4.78, 5) is 38.7. The average molecular weight is 298 g/mol. The van der Waals surface area contributed by atoms with Gasteiger partial charge in [0, 0.05) is 24.8 Å². The molecule has 0 aromatic heterocycles. The molecule has 0 radical (unpaired) electrons. The van der Waals surface area contributed by atoms with Gasteiger partial charge in [-0.2, -0.15) is 0 Å². The maximum Gasteiger partial charge on any atom is 1.00 e. The van der Waals surface area contributed by atoms with Crippen LogP contribution in [0.2, 0.25) is 0 Å². The van der Waals surface area contributed by atoms with E-state index in [4.69, 9.17) is 25.2 Å². The average Bonchev–Trinajstić information content (AvgIpc) is 1.98. The summed E-state index contributed by atoms with van der Waals surface area (Å²) in [5.74, 6) is -5.65. The molecule has 0 amide bonds. The van der Waals surface area contributed by atoms with E-state index in [0.717, 1.165) is 0 Å². The molecule has 0 fully saturated rings. The predicted molar refractivity (Wildman–Crippen MR) is 42.5 cm³/mol. The molecule has 0 aliphatic carbocycles. The van der Waals surface area contributed by atoms with Gasteiger partial charge >= 0.3 is 71.2 Å². The number of hydrogen-bond donors (Lipinski definition) is 4. The first-order valence-corrected chi connectivity index (χ1v) is 3.78. The number of carboxylic acids is 3. The van der Waals surface area contributed by atoms with Crippen LogP contribution >= 0.6 is 0 Å². The van der Waals surface area contributed by atoms with Crippen molar-refractivity contribution in [3.05, 3.63) is 0 Å². The number of hydrogen-bond acceptors (Lipinski definition) is 7. The molecule has 0 aliphatic rings. The molecule has 19 heavy (non-hydrogen) atoms. The van der Waals surface area contributed by atoms with Crippen molar-refractivity contribution in [2.24, 2.45) is 0 Å². The van der Waals surface area contributed by atoms with Gasteiger partial charge in [0.2, 0.25) is 0 Å². The first kappa shape index (κ1) is 27.1. The fraction of sp³-hybridized carbons (Fsp3) is 0.429. The number of rotatable bonds is 5. The Bertz CT molecular complexity index is 308. The standard InChI is InChI=1S/C6H8O7.CH2O3.2Na/c7-3(8)1-6(13,5(11)12)2-4(9)10;2-1(3)4;;/h13H,1-2H2,(H,7,8)(H,9,10)(H,11,12);(H2,2,3,4);;/q;;2*+1/p-2. The van der Waals surface area contributed by atoms with Gasteiger partial charge in [-0.3, -0.25) is 0 Å². The van der Waals surface area contributed by atoms with E-state index in [2.05, 4.69) is 0 Å². The maximum absolute atomic E-state index is 10.3. The van der Waals surface area contributed by atoms with Crippen LogP contribution in [0.5, 0.6) is 0 Å². The zero-order valence-electron chi connectivity index (χ0n) is 10.2. The third kappa shape index (κ3) is 17.6. The minimum Gasteiger partial charge on any atom is -0.550 e. The van der Waals surface area contributed by atoms with E-state index in [0.29, 0.717) is 0 Å². The molecule has 0 aliphatic heterocycles. The van der Waals surface area contributed by atoms with Gasteiger partial charge in [0.05, 0.1) is 0 Å². The summed E-state index contributed by atoms with van der Waals surface area (Å²) in [5.41, 5.74) is -2.86. The molecular weight excluding hydrogens is 290 g/mol. The van der Waals surface area contributed by atoms with E-state index >= 15 is 0 Å². The first-order valence-electron chi connectivity index (χ1n) is 3.78. The van der Waals surface area contributed by atoms with Crippen LogP contribution in [-0.4, -0.2) is 50.1 Å². The number of aliphatic hydroxyl groups is 1. The van der Waals surface area contributed by atoms with Crippen LogP contribution in [0.4, 0.5) is 4.79 Å². The van der Waals surface area contributed by atoms with Gasteiger partial charge in [-0.1, -0.05) is 0 Å². The molecule has 4 N–H and O–H groups in total. The fourth-order valence-corrected chi connectivity index (χ4v) is 0.691. The molecule has 0 aromatic carbocycles. The molecular formula is C7H8Na2O10. The van der Waals surface area contributed by atoms with E-state index in [1.54, 1.807) is 0 Å². The molecule has 0 heterocycles.